The molecule has 1 aromatic heterocycles. The lowest BCUT2D eigenvalue weighted by atomic mass is 10.3. The summed E-state index contributed by atoms with van der Waals surface area (Å²) in [6.45, 7) is 7.25. The van der Waals surface area contributed by atoms with Gasteiger partial charge in [0.25, 0.3) is 0 Å². The third kappa shape index (κ3) is 8.99. The van der Waals surface area contributed by atoms with E-state index in [2.05, 4.69) is 37.2 Å². The number of nitrogens with one attached hydrogen (secondary N) is 1. The standard InChI is InChI=1S/C10H11NO4S.C7H6Br2O.C2H6/c1-3-15-10(14)8-4-7(5-12)16-9(8)11-6(2)13;1-10-7-3-2-5(8)4-6(7)9;1-2/h4-5H,3H2,1-2H3,(H,11,13);2-4H,1H3;1-2H3. The Kier molecular flexibility index (Phi) is 13.4. The molecule has 0 aliphatic rings. The quantitative estimate of drug-likeness (QED) is 0.377. The zero-order chi connectivity index (χ0) is 21.7. The summed E-state index contributed by atoms with van der Waals surface area (Å²) < 4.78 is 11.8. The molecule has 0 spiro atoms. The number of amides is 1. The minimum atomic E-state index is -0.546. The summed E-state index contributed by atoms with van der Waals surface area (Å²) >= 11 is 7.73. The first kappa shape index (κ1) is 26.3. The van der Waals surface area contributed by atoms with E-state index in [-0.39, 0.29) is 18.1 Å². The molecule has 0 bridgehead atoms. The van der Waals surface area contributed by atoms with Gasteiger partial charge >= 0.3 is 5.97 Å². The zero-order valence-electron chi connectivity index (χ0n) is 16.3. The van der Waals surface area contributed by atoms with Gasteiger partial charge in [-0.05, 0) is 47.1 Å². The van der Waals surface area contributed by atoms with Crippen molar-refractivity contribution in [1.82, 2.24) is 0 Å². The molecule has 1 amide bonds. The molecule has 1 aromatic carbocycles. The van der Waals surface area contributed by atoms with Gasteiger partial charge < -0.3 is 14.8 Å². The predicted molar refractivity (Wildman–Crippen MR) is 120 cm³/mol. The first-order valence-corrected chi connectivity index (χ1v) is 10.7. The number of anilines is 1. The summed E-state index contributed by atoms with van der Waals surface area (Å²) in [5, 5.41) is 2.83. The molecule has 9 heteroatoms. The molecule has 0 saturated heterocycles. The Balaban J connectivity index is 0.000000520. The van der Waals surface area contributed by atoms with E-state index >= 15 is 0 Å². The van der Waals surface area contributed by atoms with Crippen LogP contribution >= 0.6 is 43.2 Å². The first-order valence-electron chi connectivity index (χ1n) is 8.35. The number of carbonyl (C=O) groups is 3. The number of carbonyl (C=O) groups excluding carboxylic acids is 3. The minimum Gasteiger partial charge on any atom is -0.496 e. The molecule has 1 N–H and O–H groups in total. The van der Waals surface area contributed by atoms with Crippen molar-refractivity contribution < 1.29 is 23.9 Å². The number of aldehydes is 1. The van der Waals surface area contributed by atoms with E-state index in [0.29, 0.717) is 16.2 Å². The molecule has 0 aliphatic heterocycles. The van der Waals surface area contributed by atoms with Gasteiger partial charge in [0.05, 0.1) is 28.6 Å². The van der Waals surface area contributed by atoms with Crippen LogP contribution in [0.25, 0.3) is 0 Å². The molecule has 28 heavy (non-hydrogen) atoms. The lowest BCUT2D eigenvalue weighted by molar-refractivity contribution is -0.114. The van der Waals surface area contributed by atoms with Crippen LogP contribution in [0, 0.1) is 0 Å². The Morgan fingerprint density at radius 3 is 2.32 bits per heavy atom. The number of hydrogen-bond donors (Lipinski definition) is 1. The topological polar surface area (TPSA) is 81.7 Å². The van der Waals surface area contributed by atoms with Crippen molar-refractivity contribution in [3.63, 3.8) is 0 Å². The lowest BCUT2D eigenvalue weighted by Crippen LogP contribution is -2.10. The van der Waals surface area contributed by atoms with Crippen LogP contribution in [-0.4, -0.2) is 31.9 Å². The summed E-state index contributed by atoms with van der Waals surface area (Å²) in [4.78, 5) is 33.3. The zero-order valence-corrected chi connectivity index (χ0v) is 20.3. The molecule has 0 aliphatic carbocycles. The molecule has 0 atom stereocenters. The molecular weight excluding hydrogens is 514 g/mol. The van der Waals surface area contributed by atoms with Crippen LogP contribution in [-0.2, 0) is 9.53 Å². The average Bonchev–Trinajstić information content (AvgIpc) is 3.06. The van der Waals surface area contributed by atoms with Gasteiger partial charge in [-0.2, -0.15) is 0 Å². The van der Waals surface area contributed by atoms with E-state index in [1.807, 2.05) is 32.0 Å². The summed E-state index contributed by atoms with van der Waals surface area (Å²) in [6, 6.07) is 7.18. The monoisotopic (exact) mass is 535 g/mol. The van der Waals surface area contributed by atoms with Crippen LogP contribution in [0.15, 0.2) is 33.2 Å². The number of ether oxygens (including phenoxy) is 2. The largest absolute Gasteiger partial charge is 0.496 e. The van der Waals surface area contributed by atoms with Crippen molar-refractivity contribution in [3.8, 4) is 5.75 Å². The van der Waals surface area contributed by atoms with Crippen molar-refractivity contribution in [2.24, 2.45) is 0 Å². The Morgan fingerprint density at radius 1 is 1.21 bits per heavy atom. The van der Waals surface area contributed by atoms with Gasteiger partial charge in [0.1, 0.15) is 10.8 Å². The predicted octanol–water partition coefficient (Wildman–Crippen LogP) is 5.94. The summed E-state index contributed by atoms with van der Waals surface area (Å²) in [5.74, 6) is 0.00338. The van der Waals surface area contributed by atoms with Gasteiger partial charge in [-0.1, -0.05) is 29.8 Å². The van der Waals surface area contributed by atoms with Crippen molar-refractivity contribution in [1.29, 1.82) is 0 Å². The smallest absolute Gasteiger partial charge is 0.341 e. The van der Waals surface area contributed by atoms with Gasteiger partial charge in [0, 0.05) is 11.4 Å². The number of benzene rings is 1. The molecule has 6 nitrogen and oxygen atoms in total. The third-order valence-electron chi connectivity index (χ3n) is 2.77. The fourth-order valence-electron chi connectivity index (χ4n) is 1.72. The second kappa shape index (κ2) is 14.3. The van der Waals surface area contributed by atoms with Crippen LogP contribution in [0.5, 0.6) is 5.75 Å². The second-order valence-electron chi connectivity index (χ2n) is 4.69. The first-order chi connectivity index (χ1) is 13.3. The van der Waals surface area contributed by atoms with Gasteiger partial charge in [-0.25, -0.2) is 4.79 Å². The number of esters is 1. The number of thiophene rings is 1. The number of rotatable bonds is 5. The highest BCUT2D eigenvalue weighted by molar-refractivity contribution is 9.11. The van der Waals surface area contributed by atoms with E-state index in [9.17, 15) is 14.4 Å². The van der Waals surface area contributed by atoms with E-state index in [4.69, 9.17) is 9.47 Å². The lowest BCUT2D eigenvalue weighted by Gasteiger charge is -2.03. The van der Waals surface area contributed by atoms with Crippen LogP contribution in [0.4, 0.5) is 5.00 Å². The van der Waals surface area contributed by atoms with E-state index < -0.39 is 5.97 Å². The van der Waals surface area contributed by atoms with E-state index in [0.717, 1.165) is 26.0 Å². The van der Waals surface area contributed by atoms with Crippen molar-refractivity contribution in [2.45, 2.75) is 27.7 Å². The van der Waals surface area contributed by atoms with Crippen LogP contribution < -0.4 is 10.1 Å². The molecule has 154 valence electrons. The SMILES string of the molecule is CC.CCOC(=O)c1cc(C=O)sc1NC(C)=O.COc1ccc(Br)cc1Br. The second-order valence-corrected chi connectivity index (χ2v) is 7.54. The van der Waals surface area contributed by atoms with Gasteiger partial charge in [-0.3, -0.25) is 9.59 Å². The molecule has 2 rings (SSSR count). The third-order valence-corrected chi connectivity index (χ3v) is 4.85. The average molecular weight is 537 g/mol. The van der Waals surface area contributed by atoms with Crippen molar-refractivity contribution in [2.75, 3.05) is 19.0 Å². The molecule has 1 heterocycles. The van der Waals surface area contributed by atoms with Crippen molar-refractivity contribution >= 4 is 66.4 Å². The number of halogens is 2. The summed E-state index contributed by atoms with van der Waals surface area (Å²) in [7, 11) is 1.65. The minimum absolute atomic E-state index is 0.212. The Bertz CT molecular complexity index is 793. The fraction of sp³-hybridized carbons (Fsp3) is 0.316. The normalized spacial score (nSPS) is 9.11. The van der Waals surface area contributed by atoms with Gasteiger partial charge in [0.15, 0.2) is 6.29 Å². The highest BCUT2D eigenvalue weighted by Gasteiger charge is 2.17. The Hall–Kier alpha value is -1.71. The number of hydrogen-bond acceptors (Lipinski definition) is 6. The molecule has 0 saturated carbocycles. The molecular formula is C19H23Br2NO5S. The van der Waals surface area contributed by atoms with Gasteiger partial charge in [0.2, 0.25) is 5.91 Å². The maximum Gasteiger partial charge on any atom is 0.341 e. The molecule has 0 unspecified atom stereocenters. The van der Waals surface area contributed by atoms with E-state index in [1.165, 1.54) is 13.0 Å². The van der Waals surface area contributed by atoms with Crippen LogP contribution in [0.3, 0.4) is 0 Å². The maximum absolute atomic E-state index is 11.5. The summed E-state index contributed by atoms with van der Waals surface area (Å²) in [5.41, 5.74) is 0.212. The van der Waals surface area contributed by atoms with Gasteiger partial charge in [-0.15, -0.1) is 11.3 Å². The fourth-order valence-corrected chi connectivity index (χ4v) is 3.84. The molecule has 0 fully saturated rings. The van der Waals surface area contributed by atoms with Crippen LogP contribution in [0.1, 0.15) is 47.7 Å². The molecule has 0 radical (unpaired) electrons. The Morgan fingerprint density at radius 2 is 1.86 bits per heavy atom. The van der Waals surface area contributed by atoms with E-state index in [1.54, 1.807) is 14.0 Å². The highest BCUT2D eigenvalue weighted by atomic mass is 79.9. The highest BCUT2D eigenvalue weighted by Crippen LogP contribution is 2.28. The van der Waals surface area contributed by atoms with Crippen LogP contribution in [0.2, 0.25) is 0 Å². The van der Waals surface area contributed by atoms with Crippen molar-refractivity contribution in [3.05, 3.63) is 43.7 Å². The molecule has 2 aromatic rings. The summed E-state index contributed by atoms with van der Waals surface area (Å²) in [6.07, 6.45) is 0.624. The Labute approximate surface area is 185 Å². The maximum atomic E-state index is 11.5. The number of methoxy groups -OCH3 is 1.